The number of carbonyl (C=O) groups is 1. The van der Waals surface area contributed by atoms with Gasteiger partial charge in [0.25, 0.3) is 0 Å². The van der Waals surface area contributed by atoms with E-state index in [-0.39, 0.29) is 17.7 Å². The van der Waals surface area contributed by atoms with E-state index in [1.54, 1.807) is 0 Å². The van der Waals surface area contributed by atoms with Crippen molar-refractivity contribution in [3.63, 3.8) is 0 Å². The molecule has 22 heavy (non-hydrogen) atoms. The summed E-state index contributed by atoms with van der Waals surface area (Å²) in [5.41, 5.74) is 2.22. The van der Waals surface area contributed by atoms with E-state index in [2.05, 4.69) is 10.4 Å². The molecule has 6 nitrogen and oxygen atoms in total. The molecule has 3 rings (SSSR count). The molecule has 1 atom stereocenters. The average Bonchev–Trinajstić information content (AvgIpc) is 3.08. The van der Waals surface area contributed by atoms with Crippen LogP contribution in [0, 0.1) is 6.92 Å². The SMILES string of the molecule is Cc1c([C@H](C)NC(=O)N2CCC3(CCCO3)CC2)cnn1C. The third kappa shape index (κ3) is 2.84. The van der Waals surface area contributed by atoms with Crippen molar-refractivity contribution in [1.29, 1.82) is 0 Å². The van der Waals surface area contributed by atoms with Crippen molar-refractivity contribution in [2.45, 2.75) is 51.2 Å². The average molecular weight is 306 g/mol. The fourth-order valence-electron chi connectivity index (χ4n) is 3.56. The summed E-state index contributed by atoms with van der Waals surface area (Å²) in [5.74, 6) is 0. The van der Waals surface area contributed by atoms with Crippen LogP contribution >= 0.6 is 0 Å². The molecule has 2 fully saturated rings. The molecule has 1 aromatic heterocycles. The minimum Gasteiger partial charge on any atom is -0.375 e. The first-order chi connectivity index (χ1) is 10.5. The van der Waals surface area contributed by atoms with Crippen molar-refractivity contribution in [3.05, 3.63) is 17.5 Å². The third-order valence-corrected chi connectivity index (χ3v) is 5.23. The van der Waals surface area contributed by atoms with E-state index in [0.717, 1.165) is 56.6 Å². The number of aromatic nitrogens is 2. The summed E-state index contributed by atoms with van der Waals surface area (Å²) in [6.45, 7) is 6.47. The van der Waals surface area contributed by atoms with E-state index in [4.69, 9.17) is 4.74 Å². The summed E-state index contributed by atoms with van der Waals surface area (Å²) >= 11 is 0. The highest BCUT2D eigenvalue weighted by Gasteiger charge is 2.39. The lowest BCUT2D eigenvalue weighted by molar-refractivity contribution is -0.0362. The summed E-state index contributed by atoms with van der Waals surface area (Å²) in [6, 6.07) is -0.0107. The number of hydrogen-bond donors (Lipinski definition) is 1. The zero-order chi connectivity index (χ0) is 15.7. The van der Waals surface area contributed by atoms with E-state index in [1.165, 1.54) is 0 Å². The molecule has 3 heterocycles. The summed E-state index contributed by atoms with van der Waals surface area (Å²) < 4.78 is 7.74. The molecule has 2 aliphatic rings. The molecule has 0 bridgehead atoms. The lowest BCUT2D eigenvalue weighted by atomic mass is 9.89. The van der Waals surface area contributed by atoms with Crippen LogP contribution in [0.4, 0.5) is 4.79 Å². The maximum absolute atomic E-state index is 12.5. The highest BCUT2D eigenvalue weighted by Crippen LogP contribution is 2.35. The fourth-order valence-corrected chi connectivity index (χ4v) is 3.56. The van der Waals surface area contributed by atoms with Crippen LogP contribution in [0.15, 0.2) is 6.20 Å². The van der Waals surface area contributed by atoms with E-state index in [9.17, 15) is 4.79 Å². The quantitative estimate of drug-likeness (QED) is 0.910. The van der Waals surface area contributed by atoms with Crippen LogP contribution in [0.5, 0.6) is 0 Å². The molecule has 2 saturated heterocycles. The summed E-state index contributed by atoms with van der Waals surface area (Å²) in [4.78, 5) is 14.4. The molecule has 2 aliphatic heterocycles. The van der Waals surface area contributed by atoms with Gasteiger partial charge in [-0.25, -0.2) is 4.79 Å². The van der Waals surface area contributed by atoms with Gasteiger partial charge in [0.1, 0.15) is 0 Å². The Morgan fingerprint density at radius 3 is 2.68 bits per heavy atom. The summed E-state index contributed by atoms with van der Waals surface area (Å²) in [5, 5.41) is 7.33. The van der Waals surface area contributed by atoms with E-state index < -0.39 is 0 Å². The van der Waals surface area contributed by atoms with Crippen molar-refractivity contribution in [2.24, 2.45) is 7.05 Å². The first-order valence-corrected chi connectivity index (χ1v) is 8.19. The molecule has 2 amide bonds. The second kappa shape index (κ2) is 5.91. The Kier molecular flexibility index (Phi) is 4.12. The van der Waals surface area contributed by atoms with Gasteiger partial charge in [0, 0.05) is 38.0 Å². The van der Waals surface area contributed by atoms with Crippen molar-refractivity contribution < 1.29 is 9.53 Å². The second-order valence-corrected chi connectivity index (χ2v) is 6.60. The number of likely N-dealkylation sites (tertiary alicyclic amines) is 1. The largest absolute Gasteiger partial charge is 0.375 e. The van der Waals surface area contributed by atoms with Gasteiger partial charge in [-0.05, 0) is 39.5 Å². The van der Waals surface area contributed by atoms with Crippen molar-refractivity contribution >= 4 is 6.03 Å². The Morgan fingerprint density at radius 2 is 2.14 bits per heavy atom. The maximum atomic E-state index is 12.5. The molecule has 0 aliphatic carbocycles. The minimum atomic E-state index is -0.0279. The number of ether oxygens (including phenoxy) is 1. The number of carbonyl (C=O) groups excluding carboxylic acids is 1. The molecular formula is C16H26N4O2. The minimum absolute atomic E-state index is 0.0172. The topological polar surface area (TPSA) is 59.4 Å². The molecule has 0 aromatic carbocycles. The van der Waals surface area contributed by atoms with Crippen LogP contribution in [0.1, 0.15) is 49.9 Å². The van der Waals surface area contributed by atoms with Gasteiger partial charge in [-0.3, -0.25) is 4.68 Å². The molecule has 1 spiro atoms. The zero-order valence-corrected chi connectivity index (χ0v) is 13.8. The van der Waals surface area contributed by atoms with Gasteiger partial charge in [-0.15, -0.1) is 0 Å². The molecular weight excluding hydrogens is 280 g/mol. The van der Waals surface area contributed by atoms with Crippen LogP contribution < -0.4 is 5.32 Å². The fraction of sp³-hybridized carbons (Fsp3) is 0.750. The molecule has 1 aromatic rings. The standard InChI is InChI=1S/C16H26N4O2/c1-12(14-11-17-19(3)13(14)2)18-15(21)20-8-6-16(7-9-20)5-4-10-22-16/h11-12H,4-10H2,1-3H3,(H,18,21)/t12-/m0/s1. The van der Waals surface area contributed by atoms with Crippen molar-refractivity contribution in [2.75, 3.05) is 19.7 Å². The van der Waals surface area contributed by atoms with Crippen molar-refractivity contribution in [1.82, 2.24) is 20.0 Å². The Hall–Kier alpha value is -1.56. The van der Waals surface area contributed by atoms with E-state index in [1.807, 2.05) is 36.7 Å². The van der Waals surface area contributed by atoms with Crippen LogP contribution in [0.3, 0.4) is 0 Å². The van der Waals surface area contributed by atoms with Gasteiger partial charge in [-0.1, -0.05) is 0 Å². The number of aryl methyl sites for hydroxylation is 1. The van der Waals surface area contributed by atoms with E-state index >= 15 is 0 Å². The van der Waals surface area contributed by atoms with Gasteiger partial charge in [0.05, 0.1) is 17.8 Å². The molecule has 122 valence electrons. The van der Waals surface area contributed by atoms with Gasteiger partial charge < -0.3 is 15.0 Å². The molecule has 0 radical (unpaired) electrons. The number of rotatable bonds is 2. The first-order valence-electron chi connectivity index (χ1n) is 8.19. The normalized spacial score (nSPS) is 22.0. The number of piperidine rings is 1. The van der Waals surface area contributed by atoms with Crippen LogP contribution in [-0.4, -0.2) is 46.0 Å². The van der Waals surface area contributed by atoms with Crippen molar-refractivity contribution in [3.8, 4) is 0 Å². The Labute approximate surface area is 131 Å². The Morgan fingerprint density at radius 1 is 1.41 bits per heavy atom. The number of nitrogens with one attached hydrogen (secondary N) is 1. The molecule has 0 unspecified atom stereocenters. The smallest absolute Gasteiger partial charge is 0.317 e. The highest BCUT2D eigenvalue weighted by molar-refractivity contribution is 5.74. The number of urea groups is 1. The summed E-state index contributed by atoms with van der Waals surface area (Å²) in [6.07, 6.45) is 6.05. The lowest BCUT2D eigenvalue weighted by Crippen LogP contribution is -2.50. The van der Waals surface area contributed by atoms with Crippen LogP contribution in [-0.2, 0) is 11.8 Å². The summed E-state index contributed by atoms with van der Waals surface area (Å²) in [7, 11) is 1.92. The van der Waals surface area contributed by atoms with Gasteiger partial charge in [-0.2, -0.15) is 5.10 Å². The maximum Gasteiger partial charge on any atom is 0.317 e. The Balaban J connectivity index is 1.55. The van der Waals surface area contributed by atoms with Gasteiger partial charge in [0.15, 0.2) is 0 Å². The predicted octanol–water partition coefficient (Wildman–Crippen LogP) is 2.14. The monoisotopic (exact) mass is 306 g/mol. The highest BCUT2D eigenvalue weighted by atomic mass is 16.5. The third-order valence-electron chi connectivity index (χ3n) is 5.23. The van der Waals surface area contributed by atoms with E-state index in [0.29, 0.717) is 0 Å². The molecule has 1 N–H and O–H groups in total. The number of hydrogen-bond acceptors (Lipinski definition) is 3. The first kappa shape index (κ1) is 15.3. The molecule has 0 saturated carbocycles. The van der Waals surface area contributed by atoms with Gasteiger partial charge in [0.2, 0.25) is 0 Å². The number of amides is 2. The number of nitrogens with zero attached hydrogens (tertiary/aromatic N) is 3. The lowest BCUT2D eigenvalue weighted by Gasteiger charge is -2.38. The zero-order valence-electron chi connectivity index (χ0n) is 13.8. The Bertz CT molecular complexity index is 538. The predicted molar refractivity (Wildman–Crippen MR) is 83.6 cm³/mol. The van der Waals surface area contributed by atoms with Crippen LogP contribution in [0.2, 0.25) is 0 Å². The van der Waals surface area contributed by atoms with Gasteiger partial charge >= 0.3 is 6.03 Å². The molecule has 6 heteroatoms. The second-order valence-electron chi connectivity index (χ2n) is 6.60. The van der Waals surface area contributed by atoms with Crippen LogP contribution in [0.25, 0.3) is 0 Å².